The van der Waals surface area contributed by atoms with Gasteiger partial charge >= 0.3 is 5.69 Å². The maximum Gasteiger partial charge on any atom is 0.345 e. The minimum absolute atomic E-state index is 0.0309. The second-order valence-corrected chi connectivity index (χ2v) is 6.34. The molecule has 1 aliphatic heterocycles. The topological polar surface area (TPSA) is 84.1 Å². The lowest BCUT2D eigenvalue weighted by atomic mass is 9.97. The molecule has 1 amide bonds. The van der Waals surface area contributed by atoms with Crippen LogP contribution in [-0.2, 0) is 22.4 Å². The molecule has 6 nitrogen and oxygen atoms in total. The Morgan fingerprint density at radius 2 is 2.16 bits per heavy atom. The van der Waals surface area contributed by atoms with E-state index >= 15 is 0 Å². The Morgan fingerprint density at radius 3 is 2.96 bits per heavy atom. The van der Waals surface area contributed by atoms with Gasteiger partial charge < -0.3 is 15.0 Å². The van der Waals surface area contributed by atoms with E-state index in [0.717, 1.165) is 23.2 Å². The van der Waals surface area contributed by atoms with E-state index in [0.29, 0.717) is 31.7 Å². The van der Waals surface area contributed by atoms with Gasteiger partial charge in [0.1, 0.15) is 6.10 Å². The van der Waals surface area contributed by atoms with Crippen LogP contribution in [0, 0.1) is 13.8 Å². The van der Waals surface area contributed by atoms with E-state index in [9.17, 15) is 9.59 Å². The van der Waals surface area contributed by atoms with E-state index < -0.39 is 0 Å². The number of benzene rings is 1. The van der Waals surface area contributed by atoms with Crippen LogP contribution in [0.2, 0.25) is 0 Å². The predicted octanol–water partition coefficient (Wildman–Crippen LogP) is 1.75. The van der Waals surface area contributed by atoms with E-state index in [4.69, 9.17) is 4.74 Å². The number of hydrogen-bond acceptors (Lipinski definition) is 4. The molecule has 0 saturated carbocycles. The molecule has 0 aliphatic carbocycles. The fourth-order valence-electron chi connectivity index (χ4n) is 3.30. The molecule has 3 rings (SSSR count). The van der Waals surface area contributed by atoms with Crippen LogP contribution in [0.1, 0.15) is 40.6 Å². The first-order valence-corrected chi connectivity index (χ1v) is 8.57. The van der Waals surface area contributed by atoms with Crippen molar-refractivity contribution >= 4 is 5.91 Å². The summed E-state index contributed by atoms with van der Waals surface area (Å²) >= 11 is 0. The molecule has 132 valence electrons. The Hall–Kier alpha value is -2.47. The van der Waals surface area contributed by atoms with Crippen molar-refractivity contribution in [2.24, 2.45) is 0 Å². The molecule has 6 heteroatoms. The first-order chi connectivity index (χ1) is 12.0. The first-order valence-electron chi connectivity index (χ1n) is 8.57. The minimum atomic E-state index is -0.351. The van der Waals surface area contributed by atoms with Gasteiger partial charge in [0.25, 0.3) is 0 Å². The Labute approximate surface area is 146 Å². The van der Waals surface area contributed by atoms with Crippen molar-refractivity contribution in [2.75, 3.05) is 13.2 Å². The van der Waals surface area contributed by atoms with Crippen LogP contribution >= 0.6 is 0 Å². The average molecular weight is 341 g/mol. The number of H-pyrrole nitrogens is 1. The number of nitrogens with one attached hydrogen (secondary N) is 2. The highest BCUT2D eigenvalue weighted by molar-refractivity contribution is 5.76. The highest BCUT2D eigenvalue weighted by Crippen LogP contribution is 2.26. The lowest BCUT2D eigenvalue weighted by Gasteiger charge is -2.26. The van der Waals surface area contributed by atoms with Crippen molar-refractivity contribution in [2.45, 2.75) is 39.2 Å². The van der Waals surface area contributed by atoms with Crippen LogP contribution in [0.5, 0.6) is 0 Å². The number of nitrogens with zero attached hydrogens (tertiary/aromatic N) is 1. The summed E-state index contributed by atoms with van der Waals surface area (Å²) in [5.74, 6) is -0.0309. The second-order valence-electron chi connectivity index (χ2n) is 6.34. The molecule has 0 spiro atoms. The Bertz CT molecular complexity index is 803. The van der Waals surface area contributed by atoms with Gasteiger partial charge in [-0.2, -0.15) is 4.98 Å². The monoisotopic (exact) mass is 341 g/mol. The molecule has 0 fully saturated rings. The molecule has 1 aromatic carbocycles. The average Bonchev–Trinajstić information content (AvgIpc) is 2.59. The zero-order valence-corrected chi connectivity index (χ0v) is 14.6. The molecule has 2 N–H and O–H groups in total. The number of fused-ring (bicyclic) bond motifs is 1. The van der Waals surface area contributed by atoms with Crippen LogP contribution in [0.25, 0.3) is 0 Å². The van der Waals surface area contributed by atoms with Crippen molar-refractivity contribution in [1.29, 1.82) is 0 Å². The third-order valence-electron chi connectivity index (χ3n) is 4.63. The number of rotatable bonds is 5. The zero-order chi connectivity index (χ0) is 17.8. The SMILES string of the molecule is Cc1nc(=O)[nH]c(C)c1CCC(=O)NC[C@@H]1OCCc2ccccc21. The molecule has 0 unspecified atom stereocenters. The van der Waals surface area contributed by atoms with Gasteiger partial charge in [-0.05, 0) is 43.4 Å². The summed E-state index contributed by atoms with van der Waals surface area (Å²) in [7, 11) is 0. The third kappa shape index (κ3) is 4.14. The summed E-state index contributed by atoms with van der Waals surface area (Å²) in [4.78, 5) is 30.1. The van der Waals surface area contributed by atoms with E-state index in [1.807, 2.05) is 19.1 Å². The normalized spacial score (nSPS) is 16.3. The van der Waals surface area contributed by atoms with Gasteiger partial charge in [0, 0.05) is 24.4 Å². The van der Waals surface area contributed by atoms with Gasteiger partial charge in [0.05, 0.1) is 6.61 Å². The molecular weight excluding hydrogens is 318 g/mol. The largest absolute Gasteiger partial charge is 0.371 e. The quantitative estimate of drug-likeness (QED) is 0.868. The Balaban J connectivity index is 1.55. The van der Waals surface area contributed by atoms with Crippen LogP contribution in [0.4, 0.5) is 0 Å². The van der Waals surface area contributed by atoms with E-state index in [2.05, 4.69) is 27.4 Å². The first kappa shape index (κ1) is 17.4. The van der Waals surface area contributed by atoms with E-state index in [1.54, 1.807) is 6.92 Å². The molecule has 1 aromatic heterocycles. The molecule has 25 heavy (non-hydrogen) atoms. The standard InChI is InChI=1S/C19H23N3O3/c1-12-15(13(2)22-19(24)21-12)7-8-18(23)20-11-17-16-6-4-3-5-14(16)9-10-25-17/h3-6,17H,7-11H2,1-2H3,(H,20,23)(H,21,22,24)/t17-/m0/s1. The number of aromatic amines is 1. The smallest absolute Gasteiger partial charge is 0.345 e. The predicted molar refractivity (Wildman–Crippen MR) is 94.5 cm³/mol. The number of hydrogen-bond donors (Lipinski definition) is 2. The molecule has 0 saturated heterocycles. The number of carbonyl (C=O) groups is 1. The van der Waals surface area contributed by atoms with Crippen molar-refractivity contribution in [3.05, 3.63) is 62.8 Å². The second kappa shape index (κ2) is 7.61. The lowest BCUT2D eigenvalue weighted by Crippen LogP contribution is -2.32. The van der Waals surface area contributed by atoms with Crippen LogP contribution < -0.4 is 11.0 Å². The van der Waals surface area contributed by atoms with Gasteiger partial charge in [0.2, 0.25) is 5.91 Å². The fourth-order valence-corrected chi connectivity index (χ4v) is 3.30. The van der Waals surface area contributed by atoms with E-state index in [1.165, 1.54) is 5.56 Å². The Morgan fingerprint density at radius 1 is 1.36 bits per heavy atom. The highest BCUT2D eigenvalue weighted by atomic mass is 16.5. The number of aryl methyl sites for hydroxylation is 2. The van der Waals surface area contributed by atoms with Crippen molar-refractivity contribution < 1.29 is 9.53 Å². The molecule has 1 atom stereocenters. The minimum Gasteiger partial charge on any atom is -0.371 e. The molecular formula is C19H23N3O3. The van der Waals surface area contributed by atoms with Crippen LogP contribution in [0.3, 0.4) is 0 Å². The Kier molecular flexibility index (Phi) is 5.28. The summed E-state index contributed by atoms with van der Waals surface area (Å²) in [5, 5.41) is 2.96. The fraction of sp³-hybridized carbons (Fsp3) is 0.421. The van der Waals surface area contributed by atoms with E-state index in [-0.39, 0.29) is 17.7 Å². The van der Waals surface area contributed by atoms with Crippen LogP contribution in [0.15, 0.2) is 29.1 Å². The van der Waals surface area contributed by atoms with Crippen molar-refractivity contribution in [1.82, 2.24) is 15.3 Å². The summed E-state index contributed by atoms with van der Waals surface area (Å²) in [6, 6.07) is 8.20. The zero-order valence-electron chi connectivity index (χ0n) is 14.6. The summed E-state index contributed by atoms with van der Waals surface area (Å²) in [6.07, 6.45) is 1.73. The van der Waals surface area contributed by atoms with Crippen LogP contribution in [-0.4, -0.2) is 29.0 Å². The third-order valence-corrected chi connectivity index (χ3v) is 4.63. The summed E-state index contributed by atoms with van der Waals surface area (Å²) in [6.45, 7) is 4.77. The number of carbonyl (C=O) groups excluding carboxylic acids is 1. The highest BCUT2D eigenvalue weighted by Gasteiger charge is 2.20. The number of aromatic nitrogens is 2. The summed E-state index contributed by atoms with van der Waals surface area (Å²) in [5.41, 5.74) is 4.47. The maximum absolute atomic E-state index is 12.2. The molecule has 2 aromatic rings. The number of ether oxygens (including phenoxy) is 1. The molecule has 2 heterocycles. The van der Waals surface area contributed by atoms with Gasteiger partial charge in [-0.15, -0.1) is 0 Å². The van der Waals surface area contributed by atoms with Gasteiger partial charge in [-0.3, -0.25) is 4.79 Å². The van der Waals surface area contributed by atoms with Crippen molar-refractivity contribution in [3.8, 4) is 0 Å². The van der Waals surface area contributed by atoms with Gasteiger partial charge in [-0.1, -0.05) is 24.3 Å². The summed E-state index contributed by atoms with van der Waals surface area (Å²) < 4.78 is 5.80. The molecule has 0 bridgehead atoms. The maximum atomic E-state index is 12.2. The molecule has 0 radical (unpaired) electrons. The lowest BCUT2D eigenvalue weighted by molar-refractivity contribution is -0.121. The van der Waals surface area contributed by atoms with Gasteiger partial charge in [0.15, 0.2) is 0 Å². The molecule has 1 aliphatic rings. The van der Waals surface area contributed by atoms with Crippen molar-refractivity contribution in [3.63, 3.8) is 0 Å². The number of amides is 1. The van der Waals surface area contributed by atoms with Gasteiger partial charge in [-0.25, -0.2) is 4.79 Å².